The van der Waals surface area contributed by atoms with Gasteiger partial charge in [-0.05, 0) is 38.3 Å². The summed E-state index contributed by atoms with van der Waals surface area (Å²) >= 11 is 0. The van der Waals surface area contributed by atoms with E-state index in [2.05, 4.69) is 15.6 Å². The average Bonchev–Trinajstić information content (AvgIpc) is 2.95. The van der Waals surface area contributed by atoms with Crippen LogP contribution in [0.25, 0.3) is 0 Å². The molecular formula is C21H30IN5O3. The second kappa shape index (κ2) is 11.3. The van der Waals surface area contributed by atoms with E-state index in [0.717, 1.165) is 25.3 Å². The topological polar surface area (TPSA) is 94.1 Å². The second-order valence-electron chi connectivity index (χ2n) is 7.43. The van der Waals surface area contributed by atoms with Crippen molar-refractivity contribution in [2.75, 3.05) is 33.2 Å². The van der Waals surface area contributed by atoms with Gasteiger partial charge in [-0.15, -0.1) is 24.0 Å². The highest BCUT2D eigenvalue weighted by molar-refractivity contribution is 14.0. The Morgan fingerprint density at radius 1 is 1.13 bits per heavy atom. The zero-order valence-electron chi connectivity index (χ0n) is 17.5. The van der Waals surface area contributed by atoms with Gasteiger partial charge in [0.05, 0.1) is 11.1 Å². The number of nitrogens with one attached hydrogen (secondary N) is 2. The van der Waals surface area contributed by atoms with Gasteiger partial charge in [0.2, 0.25) is 5.91 Å². The van der Waals surface area contributed by atoms with E-state index < -0.39 is 0 Å². The molecule has 0 aliphatic carbocycles. The summed E-state index contributed by atoms with van der Waals surface area (Å²) < 4.78 is 0. The van der Waals surface area contributed by atoms with Crippen molar-refractivity contribution in [3.8, 4) is 0 Å². The van der Waals surface area contributed by atoms with Gasteiger partial charge in [-0.1, -0.05) is 12.1 Å². The van der Waals surface area contributed by atoms with E-state index in [0.29, 0.717) is 43.6 Å². The van der Waals surface area contributed by atoms with Gasteiger partial charge < -0.3 is 15.5 Å². The van der Waals surface area contributed by atoms with Gasteiger partial charge >= 0.3 is 0 Å². The van der Waals surface area contributed by atoms with Crippen LogP contribution in [0.5, 0.6) is 0 Å². The Balaban J connectivity index is 0.00000320. The van der Waals surface area contributed by atoms with E-state index in [4.69, 9.17) is 0 Å². The third-order valence-electron chi connectivity index (χ3n) is 5.25. The fourth-order valence-electron chi connectivity index (χ4n) is 3.66. The SMILES string of the molecule is CCNC(=NCCCCN1C(=O)c2ccccc2C1=O)NC1CCC(=O)N(C)C1.I. The standard InChI is InChI=1S/C21H29N5O3.HI/c1-3-22-21(24-15-10-11-18(27)25(2)14-15)23-12-6-7-13-26-19(28)16-8-4-5-9-17(16)20(26)29;/h4-5,8-9,15H,3,6-7,10-14H2,1-2H3,(H2,22,23,24);1H. The van der Waals surface area contributed by atoms with Crippen molar-refractivity contribution in [3.63, 3.8) is 0 Å². The van der Waals surface area contributed by atoms with Crippen LogP contribution in [0.4, 0.5) is 0 Å². The summed E-state index contributed by atoms with van der Waals surface area (Å²) in [7, 11) is 1.82. The lowest BCUT2D eigenvalue weighted by Gasteiger charge is -2.31. The molecule has 0 radical (unpaired) electrons. The number of carbonyl (C=O) groups excluding carboxylic acids is 3. The van der Waals surface area contributed by atoms with Crippen LogP contribution >= 0.6 is 24.0 Å². The molecule has 1 atom stereocenters. The highest BCUT2D eigenvalue weighted by Crippen LogP contribution is 2.22. The molecule has 1 fully saturated rings. The van der Waals surface area contributed by atoms with Crippen molar-refractivity contribution in [2.45, 2.75) is 38.6 Å². The minimum Gasteiger partial charge on any atom is -0.357 e. The van der Waals surface area contributed by atoms with E-state index >= 15 is 0 Å². The molecule has 1 aromatic rings. The molecule has 8 nitrogen and oxygen atoms in total. The van der Waals surface area contributed by atoms with Crippen LogP contribution < -0.4 is 10.6 Å². The lowest BCUT2D eigenvalue weighted by atomic mass is 10.1. The molecule has 2 heterocycles. The Hall–Kier alpha value is -2.17. The van der Waals surface area contributed by atoms with E-state index in [9.17, 15) is 14.4 Å². The molecule has 0 saturated carbocycles. The molecule has 1 unspecified atom stereocenters. The highest BCUT2D eigenvalue weighted by Gasteiger charge is 2.34. The first kappa shape index (κ1) is 24.1. The summed E-state index contributed by atoms with van der Waals surface area (Å²) in [6.07, 6.45) is 2.82. The number of rotatable bonds is 7. The Kier molecular flexibility index (Phi) is 9.07. The summed E-state index contributed by atoms with van der Waals surface area (Å²) in [5.74, 6) is 0.499. The van der Waals surface area contributed by atoms with Crippen LogP contribution in [-0.4, -0.2) is 72.7 Å². The first-order valence-corrected chi connectivity index (χ1v) is 10.2. The number of carbonyl (C=O) groups is 3. The smallest absolute Gasteiger partial charge is 0.261 e. The van der Waals surface area contributed by atoms with Crippen molar-refractivity contribution in [3.05, 3.63) is 35.4 Å². The molecule has 2 N–H and O–H groups in total. The molecule has 164 valence electrons. The molecule has 30 heavy (non-hydrogen) atoms. The van der Waals surface area contributed by atoms with Crippen LogP contribution in [0.1, 0.15) is 53.3 Å². The molecule has 3 amide bonds. The van der Waals surface area contributed by atoms with Crippen molar-refractivity contribution in [1.82, 2.24) is 20.4 Å². The lowest BCUT2D eigenvalue weighted by Crippen LogP contribution is -2.51. The number of unbranched alkanes of at least 4 members (excludes halogenated alkanes) is 1. The van der Waals surface area contributed by atoms with Crippen LogP contribution in [0.3, 0.4) is 0 Å². The van der Waals surface area contributed by atoms with Crippen LogP contribution in [0.15, 0.2) is 29.3 Å². The molecule has 1 saturated heterocycles. The predicted molar refractivity (Wildman–Crippen MR) is 126 cm³/mol. The number of likely N-dealkylation sites (N-methyl/N-ethyl adjacent to an activating group) is 1. The van der Waals surface area contributed by atoms with Gasteiger partial charge in [0.25, 0.3) is 11.8 Å². The fourth-order valence-corrected chi connectivity index (χ4v) is 3.66. The van der Waals surface area contributed by atoms with Gasteiger partial charge in [0.1, 0.15) is 0 Å². The molecule has 2 aliphatic rings. The number of guanidine groups is 1. The number of aliphatic imine (C=N–C) groups is 1. The second-order valence-corrected chi connectivity index (χ2v) is 7.43. The number of hydrogen-bond donors (Lipinski definition) is 2. The number of nitrogens with zero attached hydrogens (tertiary/aromatic N) is 3. The van der Waals surface area contributed by atoms with Crippen molar-refractivity contribution < 1.29 is 14.4 Å². The molecule has 0 spiro atoms. The largest absolute Gasteiger partial charge is 0.357 e. The number of fused-ring (bicyclic) bond motifs is 1. The monoisotopic (exact) mass is 527 g/mol. The molecule has 9 heteroatoms. The summed E-state index contributed by atoms with van der Waals surface area (Å²) in [6.45, 7) is 4.43. The normalized spacial score (nSPS) is 18.9. The Bertz CT molecular complexity index is 779. The van der Waals surface area contributed by atoms with Crippen molar-refractivity contribution in [2.24, 2.45) is 4.99 Å². The number of piperidine rings is 1. The summed E-state index contributed by atoms with van der Waals surface area (Å²) in [5.41, 5.74) is 0.982. The summed E-state index contributed by atoms with van der Waals surface area (Å²) in [4.78, 5) is 44.0. The van der Waals surface area contributed by atoms with E-state index in [1.54, 1.807) is 29.2 Å². The zero-order valence-corrected chi connectivity index (χ0v) is 19.8. The number of hydrogen-bond acceptors (Lipinski definition) is 4. The first-order valence-electron chi connectivity index (χ1n) is 10.2. The maximum absolute atomic E-state index is 12.4. The Labute approximate surface area is 194 Å². The molecule has 0 aromatic heterocycles. The molecular weight excluding hydrogens is 497 g/mol. The molecule has 2 aliphatic heterocycles. The maximum atomic E-state index is 12.4. The third kappa shape index (κ3) is 5.71. The van der Waals surface area contributed by atoms with Crippen molar-refractivity contribution >= 4 is 47.7 Å². The van der Waals surface area contributed by atoms with Gasteiger partial charge in [-0.3, -0.25) is 24.3 Å². The van der Waals surface area contributed by atoms with Gasteiger partial charge in [-0.25, -0.2) is 0 Å². The van der Waals surface area contributed by atoms with Crippen LogP contribution in [-0.2, 0) is 4.79 Å². The number of halogens is 1. The Morgan fingerprint density at radius 3 is 2.40 bits per heavy atom. The zero-order chi connectivity index (χ0) is 20.8. The minimum atomic E-state index is -0.208. The molecule has 0 bridgehead atoms. The van der Waals surface area contributed by atoms with Gasteiger partial charge in [0, 0.05) is 45.7 Å². The first-order chi connectivity index (χ1) is 14.0. The average molecular weight is 527 g/mol. The Morgan fingerprint density at radius 2 is 1.80 bits per heavy atom. The van der Waals surface area contributed by atoms with E-state index in [1.165, 1.54) is 4.90 Å². The van der Waals surface area contributed by atoms with Crippen LogP contribution in [0, 0.1) is 0 Å². The quantitative estimate of drug-likeness (QED) is 0.186. The number of imide groups is 1. The number of benzene rings is 1. The predicted octanol–water partition coefficient (Wildman–Crippen LogP) is 1.86. The van der Waals surface area contributed by atoms with E-state index in [-0.39, 0.29) is 47.7 Å². The highest BCUT2D eigenvalue weighted by atomic mass is 127. The minimum absolute atomic E-state index is 0. The van der Waals surface area contributed by atoms with Crippen LogP contribution in [0.2, 0.25) is 0 Å². The van der Waals surface area contributed by atoms with Crippen molar-refractivity contribution in [1.29, 1.82) is 0 Å². The molecule has 3 rings (SSSR count). The lowest BCUT2D eigenvalue weighted by molar-refractivity contribution is -0.132. The molecule has 1 aromatic carbocycles. The van der Waals surface area contributed by atoms with Gasteiger partial charge in [0.15, 0.2) is 5.96 Å². The van der Waals surface area contributed by atoms with E-state index in [1.807, 2.05) is 14.0 Å². The maximum Gasteiger partial charge on any atom is 0.261 e. The van der Waals surface area contributed by atoms with Gasteiger partial charge in [-0.2, -0.15) is 0 Å². The summed E-state index contributed by atoms with van der Waals surface area (Å²) in [5, 5.41) is 6.62. The number of amides is 3. The third-order valence-corrected chi connectivity index (χ3v) is 5.25. The summed E-state index contributed by atoms with van der Waals surface area (Å²) in [6, 6.07) is 7.14. The fraction of sp³-hybridized carbons (Fsp3) is 0.524. The number of likely N-dealkylation sites (tertiary alicyclic amines) is 1.